The van der Waals surface area contributed by atoms with Gasteiger partial charge in [-0.25, -0.2) is 4.39 Å². The normalized spacial score (nSPS) is 20.9. The molecule has 1 atom stereocenters. The zero-order chi connectivity index (χ0) is 17.1. The van der Waals surface area contributed by atoms with Gasteiger partial charge in [0.2, 0.25) is 5.91 Å². The number of benzene rings is 1. The summed E-state index contributed by atoms with van der Waals surface area (Å²) >= 11 is 7.04. The van der Waals surface area contributed by atoms with Gasteiger partial charge >= 0.3 is 0 Å². The molecule has 0 aromatic heterocycles. The van der Waals surface area contributed by atoms with E-state index >= 15 is 0 Å². The molecular formula is C16H17ClFN3O2S. The van der Waals surface area contributed by atoms with E-state index in [1.807, 2.05) is 0 Å². The molecular weight excluding hydrogens is 353 g/mol. The molecule has 1 aromatic rings. The van der Waals surface area contributed by atoms with Gasteiger partial charge in [0.1, 0.15) is 11.1 Å². The molecule has 2 aliphatic rings. The number of carbonyl (C=O) groups is 2. The first kappa shape index (κ1) is 17.2. The van der Waals surface area contributed by atoms with Crippen LogP contribution < -0.4 is 5.32 Å². The Morgan fingerprint density at radius 2 is 2.12 bits per heavy atom. The molecule has 1 aromatic carbocycles. The zero-order valence-corrected chi connectivity index (χ0v) is 14.5. The van der Waals surface area contributed by atoms with Crippen LogP contribution in [-0.2, 0) is 9.59 Å². The molecule has 8 heteroatoms. The van der Waals surface area contributed by atoms with E-state index in [9.17, 15) is 14.0 Å². The molecule has 2 aliphatic heterocycles. The highest BCUT2D eigenvalue weighted by Crippen LogP contribution is 2.29. The van der Waals surface area contributed by atoms with E-state index < -0.39 is 11.1 Å². The molecule has 2 amide bonds. The van der Waals surface area contributed by atoms with Gasteiger partial charge in [-0.2, -0.15) is 4.99 Å². The monoisotopic (exact) mass is 369 g/mol. The number of nitrogens with zero attached hydrogens (tertiary/aromatic N) is 2. The third kappa shape index (κ3) is 4.08. The van der Waals surface area contributed by atoms with Crippen molar-refractivity contribution in [2.75, 3.05) is 18.4 Å². The maximum absolute atomic E-state index is 13.1. The van der Waals surface area contributed by atoms with E-state index in [4.69, 9.17) is 11.6 Å². The summed E-state index contributed by atoms with van der Waals surface area (Å²) in [6, 6.07) is 3.96. The Bertz CT molecular complexity index is 692. The number of nitrogens with one attached hydrogen (secondary N) is 1. The Morgan fingerprint density at radius 1 is 1.38 bits per heavy atom. The maximum atomic E-state index is 13.1. The van der Waals surface area contributed by atoms with Crippen molar-refractivity contribution in [3.8, 4) is 0 Å². The van der Waals surface area contributed by atoms with E-state index in [2.05, 4.69) is 15.2 Å². The highest BCUT2D eigenvalue weighted by atomic mass is 35.5. The Balaban J connectivity index is 1.55. The van der Waals surface area contributed by atoms with Crippen LogP contribution in [0.25, 0.3) is 0 Å². The van der Waals surface area contributed by atoms with Gasteiger partial charge < -0.3 is 10.2 Å². The largest absolute Gasteiger partial charge is 0.351 e. The maximum Gasteiger partial charge on any atom is 0.262 e. The quantitative estimate of drug-likeness (QED) is 0.888. The van der Waals surface area contributed by atoms with Crippen molar-refractivity contribution >= 4 is 46.0 Å². The number of halogens is 2. The minimum absolute atomic E-state index is 0.0271. The third-order valence-electron chi connectivity index (χ3n) is 3.93. The van der Waals surface area contributed by atoms with E-state index in [-0.39, 0.29) is 23.3 Å². The summed E-state index contributed by atoms with van der Waals surface area (Å²) in [5.41, 5.74) is 0.402. The van der Waals surface area contributed by atoms with Gasteiger partial charge in [-0.15, -0.1) is 0 Å². The second kappa shape index (κ2) is 7.53. The van der Waals surface area contributed by atoms with Crippen LogP contribution >= 0.6 is 23.4 Å². The van der Waals surface area contributed by atoms with Crippen molar-refractivity contribution in [1.29, 1.82) is 0 Å². The predicted molar refractivity (Wildman–Crippen MR) is 93.9 cm³/mol. The number of aliphatic imine (C=N–C) groups is 1. The fourth-order valence-corrected chi connectivity index (χ4v) is 3.98. The first-order valence-corrected chi connectivity index (χ1v) is 9.08. The summed E-state index contributed by atoms with van der Waals surface area (Å²) in [6.07, 6.45) is 3.43. The summed E-state index contributed by atoms with van der Waals surface area (Å²) in [5, 5.41) is 2.79. The molecule has 2 heterocycles. The van der Waals surface area contributed by atoms with Gasteiger partial charge in [-0.05, 0) is 37.5 Å². The number of hydrogen-bond acceptors (Lipinski definition) is 4. The average Bonchev–Trinajstić information content (AvgIpc) is 2.93. The first-order valence-electron chi connectivity index (χ1n) is 7.82. The molecule has 1 fully saturated rings. The van der Waals surface area contributed by atoms with E-state index in [0.717, 1.165) is 31.1 Å². The van der Waals surface area contributed by atoms with Crippen LogP contribution in [0.5, 0.6) is 0 Å². The lowest BCUT2D eigenvalue weighted by molar-refractivity contribution is -0.121. The van der Waals surface area contributed by atoms with Gasteiger partial charge in [0, 0.05) is 25.2 Å². The van der Waals surface area contributed by atoms with Crippen molar-refractivity contribution in [1.82, 2.24) is 4.90 Å². The van der Waals surface area contributed by atoms with Crippen LogP contribution in [0.2, 0.25) is 5.02 Å². The van der Waals surface area contributed by atoms with Crippen molar-refractivity contribution < 1.29 is 14.0 Å². The van der Waals surface area contributed by atoms with Crippen LogP contribution in [0.4, 0.5) is 10.1 Å². The number of carbonyl (C=O) groups excluding carboxylic acids is 2. The molecule has 128 valence electrons. The molecule has 0 spiro atoms. The Labute approximate surface area is 148 Å². The summed E-state index contributed by atoms with van der Waals surface area (Å²) in [7, 11) is 0. The van der Waals surface area contributed by atoms with E-state index in [1.54, 1.807) is 0 Å². The lowest BCUT2D eigenvalue weighted by Gasteiger charge is -2.27. The smallest absolute Gasteiger partial charge is 0.262 e. The van der Waals surface area contributed by atoms with Gasteiger partial charge in [-0.3, -0.25) is 9.59 Å². The summed E-state index contributed by atoms with van der Waals surface area (Å²) < 4.78 is 13.1. The second-order valence-electron chi connectivity index (χ2n) is 5.77. The van der Waals surface area contributed by atoms with Crippen LogP contribution in [-0.4, -0.2) is 40.2 Å². The summed E-state index contributed by atoms with van der Waals surface area (Å²) in [6.45, 7) is 1.82. The van der Waals surface area contributed by atoms with E-state index in [0.29, 0.717) is 5.69 Å². The Morgan fingerprint density at radius 3 is 2.83 bits per heavy atom. The average molecular weight is 370 g/mol. The van der Waals surface area contributed by atoms with Crippen LogP contribution in [0.3, 0.4) is 0 Å². The Hall–Kier alpha value is -1.60. The molecule has 5 nitrogen and oxygen atoms in total. The SMILES string of the molecule is O=C(CC1SC(N2CCCCC2)=NC1=O)Nc1ccc(F)c(Cl)c1. The molecule has 1 saturated heterocycles. The highest BCUT2D eigenvalue weighted by Gasteiger charge is 2.33. The molecule has 0 bridgehead atoms. The molecule has 3 rings (SSSR count). The van der Waals surface area contributed by atoms with Crippen LogP contribution in [0, 0.1) is 5.82 Å². The lowest BCUT2D eigenvalue weighted by Crippen LogP contribution is -2.33. The minimum atomic E-state index is -0.546. The number of anilines is 1. The molecule has 1 unspecified atom stereocenters. The minimum Gasteiger partial charge on any atom is -0.351 e. The van der Waals surface area contributed by atoms with Gasteiger partial charge in [0.25, 0.3) is 5.91 Å². The second-order valence-corrected chi connectivity index (χ2v) is 7.35. The number of piperidine rings is 1. The third-order valence-corrected chi connectivity index (χ3v) is 5.43. The van der Waals surface area contributed by atoms with Crippen molar-refractivity contribution in [2.24, 2.45) is 4.99 Å². The summed E-state index contributed by atoms with van der Waals surface area (Å²) in [4.78, 5) is 30.4. The molecule has 0 saturated carbocycles. The van der Waals surface area contributed by atoms with Gasteiger partial charge in [0.15, 0.2) is 5.17 Å². The zero-order valence-electron chi connectivity index (χ0n) is 12.9. The lowest BCUT2D eigenvalue weighted by atomic mass is 10.1. The number of thioether (sulfide) groups is 1. The van der Waals surface area contributed by atoms with Gasteiger partial charge in [0.05, 0.1) is 5.02 Å². The van der Waals surface area contributed by atoms with Crippen LogP contribution in [0.1, 0.15) is 25.7 Å². The van der Waals surface area contributed by atoms with Crippen LogP contribution in [0.15, 0.2) is 23.2 Å². The number of hydrogen-bond donors (Lipinski definition) is 1. The van der Waals surface area contributed by atoms with Crippen molar-refractivity contribution in [3.63, 3.8) is 0 Å². The number of amidine groups is 1. The fraction of sp³-hybridized carbons (Fsp3) is 0.438. The molecule has 24 heavy (non-hydrogen) atoms. The Kier molecular flexibility index (Phi) is 5.40. The number of amides is 2. The highest BCUT2D eigenvalue weighted by molar-refractivity contribution is 8.15. The fourth-order valence-electron chi connectivity index (χ4n) is 2.68. The molecule has 0 radical (unpaired) electrons. The van der Waals surface area contributed by atoms with Gasteiger partial charge in [-0.1, -0.05) is 23.4 Å². The van der Waals surface area contributed by atoms with E-state index in [1.165, 1.54) is 36.4 Å². The first-order chi connectivity index (χ1) is 11.5. The molecule has 1 N–H and O–H groups in total. The predicted octanol–water partition coefficient (Wildman–Crippen LogP) is 3.29. The number of likely N-dealkylation sites (tertiary alicyclic amines) is 1. The van der Waals surface area contributed by atoms with Crippen molar-refractivity contribution in [2.45, 2.75) is 30.9 Å². The topological polar surface area (TPSA) is 61.8 Å². The molecule has 0 aliphatic carbocycles. The van der Waals surface area contributed by atoms with Crippen molar-refractivity contribution in [3.05, 3.63) is 29.0 Å². The number of rotatable bonds is 3. The standard InChI is InChI=1S/C16H17ClFN3O2S/c17-11-8-10(4-5-12(11)18)19-14(22)9-13-15(23)20-16(24-13)21-6-2-1-3-7-21/h4-5,8,13H,1-3,6-7,9H2,(H,19,22). The summed E-state index contributed by atoms with van der Waals surface area (Å²) in [5.74, 6) is -1.14.